The standard InChI is InChI=1S/C25H28F6N8O2/c1-3-37(13-16-6-4-5-7-16)22-18(10-21(12-32-22)39(40)41)15-38(23-33-35-36(2)34-23)14-17-8-19(24(26,27)28)11-20(9-17)25(29,30)31/h8-12,16H,3-7,13-15H2,1-2H3. The Kier molecular flexibility index (Phi) is 8.68. The summed E-state index contributed by atoms with van der Waals surface area (Å²) in [4.78, 5) is 19.7. The van der Waals surface area contributed by atoms with Crippen molar-refractivity contribution in [3.8, 4) is 0 Å². The van der Waals surface area contributed by atoms with Gasteiger partial charge >= 0.3 is 12.4 Å². The Bertz CT molecular complexity index is 1340. The van der Waals surface area contributed by atoms with Crippen LogP contribution in [0, 0.1) is 16.0 Å². The number of halogens is 6. The average Bonchev–Trinajstić information content (AvgIpc) is 3.57. The zero-order chi connectivity index (χ0) is 29.9. The van der Waals surface area contributed by atoms with Crippen molar-refractivity contribution in [2.75, 3.05) is 22.9 Å². The van der Waals surface area contributed by atoms with E-state index in [-0.39, 0.29) is 29.8 Å². The third kappa shape index (κ3) is 7.41. The van der Waals surface area contributed by atoms with Gasteiger partial charge in [-0.25, -0.2) is 4.98 Å². The van der Waals surface area contributed by atoms with Gasteiger partial charge in [-0.2, -0.15) is 31.1 Å². The number of anilines is 2. The van der Waals surface area contributed by atoms with Gasteiger partial charge in [-0.1, -0.05) is 17.9 Å². The molecule has 0 bridgehead atoms. The van der Waals surface area contributed by atoms with Crippen LogP contribution in [0.2, 0.25) is 0 Å². The Hall–Kier alpha value is -3.98. The zero-order valence-electron chi connectivity index (χ0n) is 22.3. The summed E-state index contributed by atoms with van der Waals surface area (Å²) < 4.78 is 81.1. The van der Waals surface area contributed by atoms with Gasteiger partial charge in [0.05, 0.1) is 29.6 Å². The third-order valence-corrected chi connectivity index (χ3v) is 6.94. The molecule has 16 heteroatoms. The first kappa shape index (κ1) is 30.0. The predicted octanol–water partition coefficient (Wildman–Crippen LogP) is 5.77. The van der Waals surface area contributed by atoms with Gasteiger partial charge in [0.1, 0.15) is 12.0 Å². The fourth-order valence-electron chi connectivity index (χ4n) is 5.00. The molecule has 1 saturated carbocycles. The third-order valence-electron chi connectivity index (χ3n) is 6.94. The first-order chi connectivity index (χ1) is 19.2. The van der Waals surface area contributed by atoms with E-state index in [1.807, 2.05) is 11.8 Å². The molecule has 4 rings (SSSR count). The molecule has 1 aliphatic carbocycles. The van der Waals surface area contributed by atoms with E-state index in [1.165, 1.54) is 18.0 Å². The SMILES string of the molecule is CCN(CC1CCCC1)c1ncc([N+](=O)[O-])cc1CN(Cc1cc(C(F)(F)F)cc(C(F)(F)F)c1)c1nnn(C)n1. The van der Waals surface area contributed by atoms with E-state index in [9.17, 15) is 36.5 Å². The minimum absolute atomic E-state index is 0.0547. The number of hydrogen-bond donors (Lipinski definition) is 0. The average molecular weight is 587 g/mol. The Balaban J connectivity index is 1.77. The number of rotatable bonds is 10. The van der Waals surface area contributed by atoms with Crippen LogP contribution in [0.1, 0.15) is 54.9 Å². The van der Waals surface area contributed by atoms with Gasteiger partial charge in [-0.15, -0.1) is 5.10 Å². The van der Waals surface area contributed by atoms with Crippen molar-refractivity contribution in [2.24, 2.45) is 13.0 Å². The van der Waals surface area contributed by atoms with Crippen LogP contribution < -0.4 is 9.80 Å². The van der Waals surface area contributed by atoms with Crippen molar-refractivity contribution < 1.29 is 31.3 Å². The summed E-state index contributed by atoms with van der Waals surface area (Å²) in [5, 5.41) is 23.3. The second-order valence-corrected chi connectivity index (χ2v) is 9.97. The summed E-state index contributed by atoms with van der Waals surface area (Å²) in [5.74, 6) is 0.747. The van der Waals surface area contributed by atoms with E-state index in [4.69, 9.17) is 0 Å². The lowest BCUT2D eigenvalue weighted by Gasteiger charge is -2.29. The van der Waals surface area contributed by atoms with E-state index in [2.05, 4.69) is 20.4 Å². The highest BCUT2D eigenvalue weighted by Gasteiger charge is 2.37. The van der Waals surface area contributed by atoms with Crippen molar-refractivity contribution in [2.45, 2.75) is 58.0 Å². The Morgan fingerprint density at radius 2 is 1.63 bits per heavy atom. The smallest absolute Gasteiger partial charge is 0.356 e. The lowest BCUT2D eigenvalue weighted by molar-refractivity contribution is -0.385. The number of hydrogen-bond acceptors (Lipinski definition) is 8. The largest absolute Gasteiger partial charge is 0.416 e. The molecule has 1 aromatic carbocycles. The highest BCUT2D eigenvalue weighted by molar-refractivity contribution is 5.53. The fraction of sp³-hybridized carbons (Fsp3) is 0.520. The minimum Gasteiger partial charge on any atom is -0.356 e. The molecule has 3 aromatic rings. The van der Waals surface area contributed by atoms with Crippen LogP contribution in [-0.4, -0.2) is 43.2 Å². The second-order valence-electron chi connectivity index (χ2n) is 9.97. The number of nitro groups is 1. The van der Waals surface area contributed by atoms with Gasteiger partial charge in [0.25, 0.3) is 11.6 Å². The van der Waals surface area contributed by atoms with Gasteiger partial charge in [-0.3, -0.25) is 10.1 Å². The lowest BCUT2D eigenvalue weighted by atomic mass is 10.0. The number of nitrogens with zero attached hydrogens (tertiary/aromatic N) is 8. The molecule has 2 aromatic heterocycles. The highest BCUT2D eigenvalue weighted by Crippen LogP contribution is 2.37. The van der Waals surface area contributed by atoms with E-state index in [0.717, 1.165) is 36.7 Å². The van der Waals surface area contributed by atoms with Gasteiger partial charge in [0.15, 0.2) is 0 Å². The summed E-state index contributed by atoms with van der Waals surface area (Å²) in [6.45, 7) is 2.41. The molecule has 0 N–H and O–H groups in total. The number of tetrazole rings is 1. The molecule has 0 atom stereocenters. The van der Waals surface area contributed by atoms with Crippen molar-refractivity contribution in [1.82, 2.24) is 25.2 Å². The number of aromatic nitrogens is 5. The molecule has 0 radical (unpaired) electrons. The van der Waals surface area contributed by atoms with E-state index in [0.29, 0.717) is 42.5 Å². The monoisotopic (exact) mass is 586 g/mol. The summed E-state index contributed by atoms with van der Waals surface area (Å²) in [7, 11) is 1.45. The molecule has 1 fully saturated rings. The highest BCUT2D eigenvalue weighted by atomic mass is 19.4. The van der Waals surface area contributed by atoms with Crippen LogP contribution >= 0.6 is 0 Å². The molecule has 0 aliphatic heterocycles. The number of pyridine rings is 1. The van der Waals surface area contributed by atoms with Gasteiger partial charge < -0.3 is 9.80 Å². The van der Waals surface area contributed by atoms with E-state index < -0.39 is 34.9 Å². The first-order valence-electron chi connectivity index (χ1n) is 12.9. The number of aryl methyl sites for hydroxylation is 1. The van der Waals surface area contributed by atoms with Crippen LogP contribution in [0.25, 0.3) is 0 Å². The number of alkyl halides is 6. The Morgan fingerprint density at radius 3 is 2.15 bits per heavy atom. The van der Waals surface area contributed by atoms with Crippen molar-refractivity contribution >= 4 is 17.5 Å². The summed E-state index contributed by atoms with van der Waals surface area (Å²) in [6.07, 6.45) is -4.65. The maximum atomic E-state index is 13.5. The Morgan fingerprint density at radius 1 is 1.00 bits per heavy atom. The summed E-state index contributed by atoms with van der Waals surface area (Å²) in [6, 6.07) is 2.61. The maximum absolute atomic E-state index is 13.5. The zero-order valence-corrected chi connectivity index (χ0v) is 22.3. The van der Waals surface area contributed by atoms with Gasteiger partial charge in [-0.05, 0) is 54.7 Å². The molecule has 0 unspecified atom stereocenters. The van der Waals surface area contributed by atoms with Crippen LogP contribution in [0.4, 0.5) is 43.8 Å². The molecule has 41 heavy (non-hydrogen) atoms. The molecule has 1 aliphatic rings. The Labute approximate surface area is 231 Å². The molecule has 0 spiro atoms. The van der Waals surface area contributed by atoms with E-state index >= 15 is 0 Å². The molecular formula is C25H28F6N8O2. The number of benzene rings is 1. The van der Waals surface area contributed by atoms with Crippen LogP contribution in [-0.2, 0) is 32.5 Å². The quantitative estimate of drug-likeness (QED) is 0.167. The molecule has 222 valence electrons. The topological polar surface area (TPSA) is 106 Å². The molecular weight excluding hydrogens is 558 g/mol. The van der Waals surface area contributed by atoms with Crippen LogP contribution in [0.5, 0.6) is 0 Å². The molecule has 10 nitrogen and oxygen atoms in total. The maximum Gasteiger partial charge on any atom is 0.416 e. The van der Waals surface area contributed by atoms with Crippen molar-refractivity contribution in [3.05, 3.63) is 62.8 Å². The first-order valence-corrected chi connectivity index (χ1v) is 12.9. The van der Waals surface area contributed by atoms with Gasteiger partial charge in [0.2, 0.25) is 0 Å². The van der Waals surface area contributed by atoms with E-state index in [1.54, 1.807) is 0 Å². The van der Waals surface area contributed by atoms with Crippen LogP contribution in [0.15, 0.2) is 30.5 Å². The van der Waals surface area contributed by atoms with Crippen molar-refractivity contribution in [3.63, 3.8) is 0 Å². The normalized spacial score (nSPS) is 14.4. The predicted molar refractivity (Wildman–Crippen MR) is 136 cm³/mol. The van der Waals surface area contributed by atoms with Crippen LogP contribution in [0.3, 0.4) is 0 Å². The molecule has 0 saturated heterocycles. The van der Waals surface area contributed by atoms with Gasteiger partial charge in [0, 0.05) is 31.3 Å². The summed E-state index contributed by atoms with van der Waals surface area (Å²) in [5.41, 5.74) is -3.19. The minimum atomic E-state index is -5.02. The lowest BCUT2D eigenvalue weighted by Crippen LogP contribution is -2.32. The molecule has 0 amide bonds. The second kappa shape index (κ2) is 11.9. The van der Waals surface area contributed by atoms with Crippen molar-refractivity contribution in [1.29, 1.82) is 0 Å². The fourth-order valence-corrected chi connectivity index (χ4v) is 5.00. The summed E-state index contributed by atoms with van der Waals surface area (Å²) >= 11 is 0. The molecule has 2 heterocycles.